The molecule has 1 unspecified atom stereocenters. The summed E-state index contributed by atoms with van der Waals surface area (Å²) in [5.41, 5.74) is 1.11. The van der Waals surface area contributed by atoms with Crippen LogP contribution < -0.4 is 0 Å². The first-order chi connectivity index (χ1) is 8.15. The van der Waals surface area contributed by atoms with Crippen molar-refractivity contribution in [2.24, 2.45) is 5.92 Å². The monoisotopic (exact) mass is 297 g/mol. The van der Waals surface area contributed by atoms with E-state index in [4.69, 9.17) is 0 Å². The second-order valence-electron chi connectivity index (χ2n) is 5.13. The molecule has 0 N–H and O–H groups in total. The van der Waals surface area contributed by atoms with Crippen molar-refractivity contribution in [3.05, 3.63) is 22.7 Å². The Balaban J connectivity index is 1.92. The van der Waals surface area contributed by atoms with Crippen LogP contribution in [-0.4, -0.2) is 34.0 Å². The molecular weight excluding hydrogens is 278 g/mol. The number of hydrogen-bond donors (Lipinski definition) is 0. The van der Waals surface area contributed by atoms with E-state index in [1.165, 1.54) is 25.9 Å². The van der Waals surface area contributed by atoms with Crippen molar-refractivity contribution in [2.75, 3.05) is 13.1 Å². The summed E-state index contributed by atoms with van der Waals surface area (Å²) in [6.07, 6.45) is 7.37. The Morgan fingerprint density at radius 1 is 1.41 bits per heavy atom. The average molecular weight is 298 g/mol. The lowest BCUT2D eigenvalue weighted by atomic mass is 9.93. The van der Waals surface area contributed by atoms with Gasteiger partial charge in [0.05, 0.1) is 11.9 Å². The zero-order chi connectivity index (χ0) is 12.3. The third-order valence-corrected chi connectivity index (χ3v) is 3.86. The molecular formula is C13H20BrN3. The Labute approximate surface area is 112 Å². The largest absolute Gasteiger partial charge is 0.301 e. The molecule has 3 nitrogen and oxygen atoms in total. The van der Waals surface area contributed by atoms with Crippen LogP contribution in [0.25, 0.3) is 0 Å². The smallest absolute Gasteiger partial charge is 0.124 e. The lowest BCUT2D eigenvalue weighted by molar-refractivity contribution is 0.139. The van der Waals surface area contributed by atoms with Crippen molar-refractivity contribution in [3.8, 4) is 0 Å². The SMILES string of the molecule is CC(C)N1CCCC(Cc2cnc(Br)cn2)C1. The minimum atomic E-state index is 0.661. The summed E-state index contributed by atoms with van der Waals surface area (Å²) >= 11 is 3.32. The Morgan fingerprint density at radius 3 is 2.88 bits per heavy atom. The van der Waals surface area contributed by atoms with E-state index in [0.717, 1.165) is 22.6 Å². The van der Waals surface area contributed by atoms with Crippen LogP contribution in [0.5, 0.6) is 0 Å². The molecule has 1 aromatic heterocycles. The van der Waals surface area contributed by atoms with Crippen LogP contribution in [0.3, 0.4) is 0 Å². The maximum atomic E-state index is 4.41. The van der Waals surface area contributed by atoms with Crippen LogP contribution in [0.15, 0.2) is 17.0 Å². The van der Waals surface area contributed by atoms with E-state index in [1.54, 1.807) is 6.20 Å². The van der Waals surface area contributed by atoms with Gasteiger partial charge in [0.15, 0.2) is 0 Å². The highest BCUT2D eigenvalue weighted by Gasteiger charge is 2.22. The number of piperidine rings is 1. The summed E-state index contributed by atoms with van der Waals surface area (Å²) in [5.74, 6) is 0.738. The van der Waals surface area contributed by atoms with Gasteiger partial charge < -0.3 is 4.90 Å². The highest BCUT2D eigenvalue weighted by atomic mass is 79.9. The van der Waals surface area contributed by atoms with E-state index >= 15 is 0 Å². The molecule has 0 aliphatic carbocycles. The third kappa shape index (κ3) is 3.75. The molecule has 1 saturated heterocycles. The lowest BCUT2D eigenvalue weighted by Gasteiger charge is -2.35. The van der Waals surface area contributed by atoms with Crippen LogP contribution in [-0.2, 0) is 6.42 Å². The predicted octanol–water partition coefficient (Wildman–Crippen LogP) is 2.90. The molecule has 17 heavy (non-hydrogen) atoms. The summed E-state index contributed by atoms with van der Waals surface area (Å²) in [6, 6.07) is 0.661. The van der Waals surface area contributed by atoms with Crippen molar-refractivity contribution in [2.45, 2.75) is 39.2 Å². The van der Waals surface area contributed by atoms with Gasteiger partial charge in [0.2, 0.25) is 0 Å². The second kappa shape index (κ2) is 5.91. The van der Waals surface area contributed by atoms with Gasteiger partial charge in [-0.05, 0) is 61.5 Å². The van der Waals surface area contributed by atoms with Gasteiger partial charge in [-0.2, -0.15) is 0 Å². The maximum absolute atomic E-state index is 4.41. The average Bonchev–Trinajstić information content (AvgIpc) is 2.32. The number of rotatable bonds is 3. The fourth-order valence-electron chi connectivity index (χ4n) is 2.47. The molecule has 2 rings (SSSR count). The molecule has 1 aliphatic rings. The van der Waals surface area contributed by atoms with Gasteiger partial charge in [0.1, 0.15) is 4.60 Å². The lowest BCUT2D eigenvalue weighted by Crippen LogP contribution is -2.40. The third-order valence-electron chi connectivity index (χ3n) is 3.45. The first-order valence-electron chi connectivity index (χ1n) is 6.35. The first-order valence-corrected chi connectivity index (χ1v) is 7.15. The van der Waals surface area contributed by atoms with Crippen LogP contribution in [0, 0.1) is 5.92 Å². The van der Waals surface area contributed by atoms with Gasteiger partial charge in [-0.15, -0.1) is 0 Å². The maximum Gasteiger partial charge on any atom is 0.124 e. The van der Waals surface area contributed by atoms with E-state index in [0.29, 0.717) is 6.04 Å². The summed E-state index contributed by atoms with van der Waals surface area (Å²) in [7, 11) is 0. The first kappa shape index (κ1) is 13.0. The predicted molar refractivity (Wildman–Crippen MR) is 72.9 cm³/mol. The molecule has 0 spiro atoms. The Kier molecular flexibility index (Phi) is 4.51. The molecule has 4 heteroatoms. The van der Waals surface area contributed by atoms with E-state index in [-0.39, 0.29) is 0 Å². The van der Waals surface area contributed by atoms with Crippen LogP contribution >= 0.6 is 15.9 Å². The molecule has 0 bridgehead atoms. The normalized spacial score (nSPS) is 22.0. The van der Waals surface area contributed by atoms with Crippen molar-refractivity contribution in [1.29, 1.82) is 0 Å². The molecule has 1 atom stereocenters. The van der Waals surface area contributed by atoms with Gasteiger partial charge in [0, 0.05) is 18.8 Å². The fourth-order valence-corrected chi connectivity index (χ4v) is 2.68. The molecule has 1 fully saturated rings. The molecule has 1 aliphatic heterocycles. The van der Waals surface area contributed by atoms with Crippen molar-refractivity contribution in [3.63, 3.8) is 0 Å². The standard InChI is InChI=1S/C13H20BrN3/c1-10(2)17-5-3-4-11(9-17)6-12-7-16-13(14)8-15-12/h7-8,10-11H,3-6,9H2,1-2H3. The summed E-state index contributed by atoms with van der Waals surface area (Å²) in [6.45, 7) is 7.01. The van der Waals surface area contributed by atoms with E-state index in [9.17, 15) is 0 Å². The van der Waals surface area contributed by atoms with Gasteiger partial charge in [-0.3, -0.25) is 4.98 Å². The van der Waals surface area contributed by atoms with Gasteiger partial charge >= 0.3 is 0 Å². The Hall–Kier alpha value is -0.480. The number of hydrogen-bond acceptors (Lipinski definition) is 3. The minimum Gasteiger partial charge on any atom is -0.301 e. The van der Waals surface area contributed by atoms with Crippen LogP contribution in [0.2, 0.25) is 0 Å². The molecule has 94 valence electrons. The molecule has 0 aromatic carbocycles. The van der Waals surface area contributed by atoms with Gasteiger partial charge in [0.25, 0.3) is 0 Å². The topological polar surface area (TPSA) is 29.0 Å². The highest BCUT2D eigenvalue weighted by Crippen LogP contribution is 2.21. The highest BCUT2D eigenvalue weighted by molar-refractivity contribution is 9.10. The molecule has 1 aromatic rings. The van der Waals surface area contributed by atoms with Crippen molar-refractivity contribution < 1.29 is 0 Å². The molecule has 0 saturated carbocycles. The number of aromatic nitrogens is 2. The second-order valence-corrected chi connectivity index (χ2v) is 5.94. The van der Waals surface area contributed by atoms with E-state index < -0.39 is 0 Å². The van der Waals surface area contributed by atoms with E-state index in [1.807, 2.05) is 6.20 Å². The summed E-state index contributed by atoms with van der Waals surface area (Å²) in [4.78, 5) is 11.2. The zero-order valence-electron chi connectivity index (χ0n) is 10.6. The molecule has 0 radical (unpaired) electrons. The quantitative estimate of drug-likeness (QED) is 0.859. The molecule has 0 amide bonds. The molecule has 2 heterocycles. The van der Waals surface area contributed by atoms with E-state index in [2.05, 4.69) is 44.6 Å². The van der Waals surface area contributed by atoms with Crippen LogP contribution in [0.4, 0.5) is 0 Å². The zero-order valence-corrected chi connectivity index (χ0v) is 12.2. The summed E-state index contributed by atoms with van der Waals surface area (Å²) < 4.78 is 0.814. The Morgan fingerprint density at radius 2 is 2.24 bits per heavy atom. The van der Waals surface area contributed by atoms with Gasteiger partial charge in [-0.25, -0.2) is 4.98 Å². The summed E-state index contributed by atoms with van der Waals surface area (Å²) in [5, 5.41) is 0. The minimum absolute atomic E-state index is 0.661. The fraction of sp³-hybridized carbons (Fsp3) is 0.692. The Bertz CT molecular complexity index is 350. The van der Waals surface area contributed by atoms with Crippen LogP contribution in [0.1, 0.15) is 32.4 Å². The van der Waals surface area contributed by atoms with Crippen molar-refractivity contribution in [1.82, 2.24) is 14.9 Å². The van der Waals surface area contributed by atoms with Crippen molar-refractivity contribution >= 4 is 15.9 Å². The van der Waals surface area contributed by atoms with Gasteiger partial charge in [-0.1, -0.05) is 0 Å². The number of nitrogens with zero attached hydrogens (tertiary/aromatic N) is 3. The number of likely N-dealkylation sites (tertiary alicyclic amines) is 1. The number of halogens is 1.